The van der Waals surface area contributed by atoms with Crippen molar-refractivity contribution in [3.05, 3.63) is 41.8 Å². The van der Waals surface area contributed by atoms with Gasteiger partial charge in [-0.05, 0) is 12.1 Å². The van der Waals surface area contributed by atoms with Crippen molar-refractivity contribution in [1.82, 2.24) is 4.98 Å². The highest BCUT2D eigenvalue weighted by atomic mass is 16.3. The Morgan fingerprint density at radius 3 is 2.77 bits per heavy atom. The second-order valence-corrected chi connectivity index (χ2v) is 2.74. The highest BCUT2D eigenvalue weighted by Gasteiger charge is 2.02. The topological polar surface area (TPSA) is 57.0 Å². The molecule has 3 nitrogen and oxygen atoms in total. The summed E-state index contributed by atoms with van der Waals surface area (Å²) in [6.07, 6.45) is 0. The van der Waals surface area contributed by atoms with Gasteiger partial charge in [-0.15, -0.1) is 0 Å². The summed E-state index contributed by atoms with van der Waals surface area (Å²) >= 11 is 0. The molecular formula is C10H8N2O. The summed E-state index contributed by atoms with van der Waals surface area (Å²) in [5.74, 6) is -0.223. The molecule has 0 unspecified atom stereocenters. The Morgan fingerprint density at radius 1 is 1.15 bits per heavy atom. The summed E-state index contributed by atoms with van der Waals surface area (Å²) in [6.45, 7) is 0. The lowest BCUT2D eigenvalue weighted by Crippen LogP contribution is -2.02. The van der Waals surface area contributed by atoms with Gasteiger partial charge in [0, 0.05) is 5.56 Å². The number of fused-ring (bicyclic) bond motifs is 1. The van der Waals surface area contributed by atoms with E-state index in [0.717, 1.165) is 5.56 Å². The van der Waals surface area contributed by atoms with Crippen molar-refractivity contribution in [2.75, 3.05) is 0 Å². The third-order valence-electron chi connectivity index (χ3n) is 1.81. The average Bonchev–Trinajstić information content (AvgIpc) is 2.31. The Labute approximate surface area is 75.2 Å². The summed E-state index contributed by atoms with van der Waals surface area (Å²) in [5, 5.41) is 16.6. The normalized spacial score (nSPS) is 10.2. The Hall–Kier alpha value is -1.90. The molecular weight excluding hydrogens is 164 g/mol. The summed E-state index contributed by atoms with van der Waals surface area (Å²) in [6, 6.07) is 10.9. The SMILES string of the molecule is N=c1cc2cccccc-2nc1O. The molecule has 64 valence electrons. The first kappa shape index (κ1) is 7.73. The van der Waals surface area contributed by atoms with E-state index in [0.29, 0.717) is 5.69 Å². The van der Waals surface area contributed by atoms with Crippen LogP contribution in [0.5, 0.6) is 5.88 Å². The third-order valence-corrected chi connectivity index (χ3v) is 1.81. The molecule has 0 bridgehead atoms. The predicted octanol–water partition coefficient (Wildman–Crippen LogP) is 1.37. The van der Waals surface area contributed by atoms with Crippen LogP contribution < -0.4 is 5.36 Å². The van der Waals surface area contributed by atoms with E-state index >= 15 is 0 Å². The average molecular weight is 172 g/mol. The molecule has 0 aromatic heterocycles. The number of hydrogen-bond donors (Lipinski definition) is 2. The molecule has 0 fully saturated rings. The van der Waals surface area contributed by atoms with E-state index in [2.05, 4.69) is 4.98 Å². The van der Waals surface area contributed by atoms with Crippen molar-refractivity contribution in [2.24, 2.45) is 0 Å². The molecule has 0 radical (unpaired) electrons. The van der Waals surface area contributed by atoms with Gasteiger partial charge in [0.05, 0.1) is 5.69 Å². The van der Waals surface area contributed by atoms with E-state index in [1.807, 2.05) is 24.3 Å². The highest BCUT2D eigenvalue weighted by molar-refractivity contribution is 5.59. The largest absolute Gasteiger partial charge is 0.492 e. The predicted molar refractivity (Wildman–Crippen MR) is 48.4 cm³/mol. The fourth-order valence-corrected chi connectivity index (χ4v) is 1.17. The van der Waals surface area contributed by atoms with Crippen LogP contribution in [-0.4, -0.2) is 10.1 Å². The van der Waals surface area contributed by atoms with Crippen molar-refractivity contribution < 1.29 is 5.11 Å². The van der Waals surface area contributed by atoms with Crippen molar-refractivity contribution >= 4 is 0 Å². The van der Waals surface area contributed by atoms with Gasteiger partial charge in [0.15, 0.2) is 0 Å². The number of hydrogen-bond acceptors (Lipinski definition) is 3. The number of nitrogens with zero attached hydrogens (tertiary/aromatic N) is 1. The quantitative estimate of drug-likeness (QED) is 0.630. The van der Waals surface area contributed by atoms with Crippen LogP contribution in [0.2, 0.25) is 0 Å². The van der Waals surface area contributed by atoms with Crippen LogP contribution in [0, 0.1) is 5.41 Å². The standard InChI is InChI=1S/C10H8N2O/c11-8-6-7-4-2-1-3-5-9(7)12-10(8)13/h1-6,11H,(H,12,13). The van der Waals surface area contributed by atoms with Crippen LogP contribution in [-0.2, 0) is 0 Å². The lowest BCUT2D eigenvalue weighted by Gasteiger charge is -1.99. The van der Waals surface area contributed by atoms with Crippen LogP contribution in [0.1, 0.15) is 0 Å². The zero-order valence-electron chi connectivity index (χ0n) is 6.86. The van der Waals surface area contributed by atoms with Crippen LogP contribution in [0.25, 0.3) is 11.3 Å². The van der Waals surface area contributed by atoms with Gasteiger partial charge in [-0.2, -0.15) is 0 Å². The van der Waals surface area contributed by atoms with Gasteiger partial charge in [0.2, 0.25) is 5.88 Å². The van der Waals surface area contributed by atoms with Crippen molar-refractivity contribution in [2.45, 2.75) is 0 Å². The van der Waals surface area contributed by atoms with Gasteiger partial charge in [-0.3, -0.25) is 5.41 Å². The molecule has 0 spiro atoms. The molecule has 0 saturated carbocycles. The second kappa shape index (κ2) is 2.86. The molecule has 3 heteroatoms. The van der Waals surface area contributed by atoms with Crippen LogP contribution in [0.4, 0.5) is 0 Å². The van der Waals surface area contributed by atoms with Crippen LogP contribution >= 0.6 is 0 Å². The van der Waals surface area contributed by atoms with E-state index in [9.17, 15) is 5.11 Å². The Bertz CT molecular complexity index is 468. The van der Waals surface area contributed by atoms with Crippen LogP contribution in [0.3, 0.4) is 0 Å². The lowest BCUT2D eigenvalue weighted by molar-refractivity contribution is 0.445. The number of pyridine rings is 1. The molecule has 0 atom stereocenters. The molecule has 0 saturated heterocycles. The van der Waals surface area contributed by atoms with Crippen molar-refractivity contribution in [1.29, 1.82) is 5.41 Å². The molecule has 0 amide bonds. The number of aromatic nitrogens is 1. The summed E-state index contributed by atoms with van der Waals surface area (Å²) in [4.78, 5) is 3.88. The minimum Gasteiger partial charge on any atom is -0.492 e. The Kier molecular flexibility index (Phi) is 1.70. The number of rotatable bonds is 0. The first-order valence-electron chi connectivity index (χ1n) is 3.91. The summed E-state index contributed by atoms with van der Waals surface area (Å²) in [7, 11) is 0. The van der Waals surface area contributed by atoms with E-state index in [1.165, 1.54) is 0 Å². The van der Waals surface area contributed by atoms with Gasteiger partial charge in [0.1, 0.15) is 5.36 Å². The molecule has 0 aromatic carbocycles. The monoisotopic (exact) mass is 172 g/mol. The van der Waals surface area contributed by atoms with Crippen molar-refractivity contribution in [3.8, 4) is 17.1 Å². The van der Waals surface area contributed by atoms with Gasteiger partial charge in [0.25, 0.3) is 0 Å². The van der Waals surface area contributed by atoms with E-state index in [-0.39, 0.29) is 11.2 Å². The molecule has 0 aromatic rings. The molecule has 1 heterocycles. The van der Waals surface area contributed by atoms with E-state index in [1.54, 1.807) is 12.1 Å². The molecule has 1 aliphatic carbocycles. The molecule has 2 rings (SSSR count). The molecule has 13 heavy (non-hydrogen) atoms. The van der Waals surface area contributed by atoms with Crippen LogP contribution in [0.15, 0.2) is 36.4 Å². The van der Waals surface area contributed by atoms with Gasteiger partial charge in [-0.25, -0.2) is 4.98 Å². The fraction of sp³-hybridized carbons (Fsp3) is 0. The van der Waals surface area contributed by atoms with Gasteiger partial charge in [-0.1, -0.05) is 24.3 Å². The third kappa shape index (κ3) is 1.36. The lowest BCUT2D eigenvalue weighted by atomic mass is 10.2. The fourth-order valence-electron chi connectivity index (χ4n) is 1.17. The summed E-state index contributed by atoms with van der Waals surface area (Å²) < 4.78 is 0. The Balaban J connectivity index is 2.85. The Morgan fingerprint density at radius 2 is 1.92 bits per heavy atom. The minimum atomic E-state index is -0.223. The van der Waals surface area contributed by atoms with Gasteiger partial charge < -0.3 is 5.11 Å². The minimum absolute atomic E-state index is 0.0544. The zero-order valence-corrected chi connectivity index (χ0v) is 6.86. The smallest absolute Gasteiger partial charge is 0.237 e. The molecule has 2 N–H and O–H groups in total. The second-order valence-electron chi connectivity index (χ2n) is 2.74. The number of aromatic hydroxyl groups is 1. The first-order chi connectivity index (χ1) is 6.27. The summed E-state index contributed by atoms with van der Waals surface area (Å²) in [5.41, 5.74) is 1.55. The molecule has 1 aliphatic heterocycles. The molecule has 2 aliphatic rings. The van der Waals surface area contributed by atoms with Crippen molar-refractivity contribution in [3.63, 3.8) is 0 Å². The van der Waals surface area contributed by atoms with E-state index < -0.39 is 0 Å². The maximum Gasteiger partial charge on any atom is 0.237 e. The first-order valence-corrected chi connectivity index (χ1v) is 3.91. The van der Waals surface area contributed by atoms with Gasteiger partial charge >= 0.3 is 0 Å². The number of nitrogens with one attached hydrogen (secondary N) is 1. The maximum atomic E-state index is 9.20. The van der Waals surface area contributed by atoms with E-state index in [4.69, 9.17) is 5.41 Å². The zero-order chi connectivity index (χ0) is 9.26. The maximum absolute atomic E-state index is 9.20. The highest BCUT2D eigenvalue weighted by Crippen LogP contribution is 2.16.